The molecule has 1 saturated heterocycles. The van der Waals surface area contributed by atoms with E-state index in [0.717, 1.165) is 24.9 Å². The van der Waals surface area contributed by atoms with Crippen LogP contribution in [-0.2, 0) is 10.2 Å². The minimum Gasteiger partial charge on any atom is -0.506 e. The first kappa shape index (κ1) is 16.8. The summed E-state index contributed by atoms with van der Waals surface area (Å²) in [6.45, 7) is 7.18. The Morgan fingerprint density at radius 2 is 2.10 bits per heavy atom. The topological polar surface area (TPSA) is 61.4 Å². The molecule has 2 rings (SSSR count). The number of phenols is 1. The number of hydrogen-bond acceptors (Lipinski definition) is 3. The lowest BCUT2D eigenvalue weighted by Gasteiger charge is -2.21. The molecule has 4 nitrogen and oxygen atoms in total. The first-order valence-corrected chi connectivity index (χ1v) is 6.75. The second kappa shape index (κ2) is 6.46. The van der Waals surface area contributed by atoms with E-state index in [1.165, 1.54) is 0 Å². The molecule has 1 aromatic rings. The van der Waals surface area contributed by atoms with Crippen molar-refractivity contribution < 1.29 is 9.90 Å². The molecule has 0 saturated carbocycles. The Hall–Kier alpha value is -1.26. The predicted octanol–water partition coefficient (Wildman–Crippen LogP) is 2.80. The van der Waals surface area contributed by atoms with Crippen LogP contribution in [0.25, 0.3) is 0 Å². The van der Waals surface area contributed by atoms with Crippen LogP contribution >= 0.6 is 12.4 Å². The minimum absolute atomic E-state index is 0. The fraction of sp³-hybridized carbons (Fsp3) is 0.533. The molecular weight excluding hydrogens is 276 g/mol. The molecule has 0 spiro atoms. The summed E-state index contributed by atoms with van der Waals surface area (Å²) in [5, 5.41) is 15.8. The van der Waals surface area contributed by atoms with Crippen LogP contribution in [0.3, 0.4) is 0 Å². The third-order valence-corrected chi connectivity index (χ3v) is 3.50. The standard InChI is InChI=1S/C15H22N2O2.ClH/c1-15(2,3)10-6-7-13(18)12(9-10)17-14(19)11-5-4-8-16-11;/h6-7,9,11,16,18H,4-5,8H2,1-3H3,(H,17,19);1H. The van der Waals surface area contributed by atoms with E-state index in [1.54, 1.807) is 6.07 Å². The van der Waals surface area contributed by atoms with Gasteiger partial charge in [0.1, 0.15) is 5.75 Å². The molecule has 0 aromatic heterocycles. The summed E-state index contributed by atoms with van der Waals surface area (Å²) in [5.41, 5.74) is 1.56. The molecule has 1 atom stereocenters. The zero-order valence-electron chi connectivity index (χ0n) is 12.2. The van der Waals surface area contributed by atoms with Gasteiger partial charge in [0.2, 0.25) is 5.91 Å². The van der Waals surface area contributed by atoms with E-state index in [2.05, 4.69) is 31.4 Å². The summed E-state index contributed by atoms with van der Waals surface area (Å²) in [5.74, 6) is 0.0400. The number of benzene rings is 1. The van der Waals surface area contributed by atoms with E-state index in [4.69, 9.17) is 0 Å². The molecule has 1 amide bonds. The van der Waals surface area contributed by atoms with Gasteiger partial charge in [-0.2, -0.15) is 0 Å². The lowest BCUT2D eigenvalue weighted by molar-refractivity contribution is -0.117. The van der Waals surface area contributed by atoms with Gasteiger partial charge in [-0.25, -0.2) is 0 Å². The van der Waals surface area contributed by atoms with Crippen molar-refractivity contribution >= 4 is 24.0 Å². The van der Waals surface area contributed by atoms with E-state index in [0.29, 0.717) is 5.69 Å². The summed E-state index contributed by atoms with van der Waals surface area (Å²) in [6, 6.07) is 5.23. The number of halogens is 1. The lowest BCUT2D eigenvalue weighted by Crippen LogP contribution is -2.35. The zero-order valence-corrected chi connectivity index (χ0v) is 13.0. The highest BCUT2D eigenvalue weighted by molar-refractivity contribution is 5.96. The van der Waals surface area contributed by atoms with E-state index in [-0.39, 0.29) is 35.5 Å². The largest absolute Gasteiger partial charge is 0.506 e. The molecule has 112 valence electrons. The van der Waals surface area contributed by atoms with E-state index in [1.807, 2.05) is 12.1 Å². The minimum atomic E-state index is -0.141. The quantitative estimate of drug-likeness (QED) is 0.736. The molecule has 1 heterocycles. The molecule has 1 aromatic carbocycles. The van der Waals surface area contributed by atoms with E-state index in [9.17, 15) is 9.90 Å². The third-order valence-electron chi connectivity index (χ3n) is 3.50. The number of anilines is 1. The number of carbonyl (C=O) groups is 1. The van der Waals surface area contributed by atoms with Crippen molar-refractivity contribution in [2.75, 3.05) is 11.9 Å². The van der Waals surface area contributed by atoms with Gasteiger partial charge in [0.25, 0.3) is 0 Å². The summed E-state index contributed by atoms with van der Waals surface area (Å²) >= 11 is 0. The second-order valence-electron chi connectivity index (χ2n) is 6.12. The van der Waals surface area contributed by atoms with Gasteiger partial charge >= 0.3 is 0 Å². The highest BCUT2D eigenvalue weighted by atomic mass is 35.5. The van der Waals surface area contributed by atoms with Crippen LogP contribution in [0, 0.1) is 0 Å². The zero-order chi connectivity index (χ0) is 14.0. The molecular formula is C15H23ClN2O2. The van der Waals surface area contributed by atoms with Gasteiger partial charge in [0.15, 0.2) is 0 Å². The Morgan fingerprint density at radius 1 is 1.40 bits per heavy atom. The van der Waals surface area contributed by atoms with Gasteiger partial charge in [-0.05, 0) is 42.5 Å². The Balaban J connectivity index is 0.00000200. The van der Waals surface area contributed by atoms with Gasteiger partial charge < -0.3 is 15.7 Å². The number of phenolic OH excluding ortho intramolecular Hbond substituents is 1. The maximum absolute atomic E-state index is 12.0. The monoisotopic (exact) mass is 298 g/mol. The van der Waals surface area contributed by atoms with Crippen LogP contribution in [0.4, 0.5) is 5.69 Å². The Bertz CT molecular complexity index is 477. The van der Waals surface area contributed by atoms with Gasteiger partial charge in [-0.15, -0.1) is 12.4 Å². The van der Waals surface area contributed by atoms with Crippen LogP contribution in [0.2, 0.25) is 0 Å². The van der Waals surface area contributed by atoms with Gasteiger partial charge in [0.05, 0.1) is 11.7 Å². The first-order valence-electron chi connectivity index (χ1n) is 6.75. The van der Waals surface area contributed by atoms with Crippen LogP contribution in [0.5, 0.6) is 5.75 Å². The predicted molar refractivity (Wildman–Crippen MR) is 83.7 cm³/mol. The van der Waals surface area contributed by atoms with Crippen LogP contribution in [0.15, 0.2) is 18.2 Å². The summed E-state index contributed by atoms with van der Waals surface area (Å²) in [7, 11) is 0. The van der Waals surface area contributed by atoms with Gasteiger partial charge in [-0.3, -0.25) is 4.79 Å². The molecule has 1 aliphatic rings. The summed E-state index contributed by atoms with van der Waals surface area (Å²) in [6.07, 6.45) is 1.87. The average molecular weight is 299 g/mol. The molecule has 1 unspecified atom stereocenters. The number of amides is 1. The van der Waals surface area contributed by atoms with Gasteiger partial charge in [-0.1, -0.05) is 26.8 Å². The number of nitrogens with one attached hydrogen (secondary N) is 2. The molecule has 0 radical (unpaired) electrons. The highest BCUT2D eigenvalue weighted by Crippen LogP contribution is 2.30. The van der Waals surface area contributed by atoms with Crippen molar-refractivity contribution in [3.63, 3.8) is 0 Å². The SMILES string of the molecule is CC(C)(C)c1ccc(O)c(NC(=O)C2CCCN2)c1.Cl. The van der Waals surface area contributed by atoms with Crippen LogP contribution in [-0.4, -0.2) is 23.6 Å². The lowest BCUT2D eigenvalue weighted by atomic mass is 9.87. The van der Waals surface area contributed by atoms with Crippen molar-refractivity contribution in [1.82, 2.24) is 5.32 Å². The molecule has 0 aliphatic carbocycles. The maximum Gasteiger partial charge on any atom is 0.241 e. The first-order chi connectivity index (χ1) is 8.88. The molecule has 1 aliphatic heterocycles. The van der Waals surface area contributed by atoms with Crippen molar-refractivity contribution in [3.8, 4) is 5.75 Å². The smallest absolute Gasteiger partial charge is 0.241 e. The molecule has 3 N–H and O–H groups in total. The Kier molecular flexibility index (Phi) is 5.42. The number of rotatable bonds is 2. The van der Waals surface area contributed by atoms with Crippen LogP contribution in [0.1, 0.15) is 39.2 Å². The molecule has 0 bridgehead atoms. The van der Waals surface area contributed by atoms with Crippen LogP contribution < -0.4 is 10.6 Å². The Labute approximate surface area is 126 Å². The fourth-order valence-corrected chi connectivity index (χ4v) is 2.23. The molecule has 1 fully saturated rings. The second-order valence-corrected chi connectivity index (χ2v) is 6.12. The normalized spacial score (nSPS) is 18.4. The molecule has 20 heavy (non-hydrogen) atoms. The number of carbonyl (C=O) groups excluding carboxylic acids is 1. The highest BCUT2D eigenvalue weighted by Gasteiger charge is 2.23. The fourth-order valence-electron chi connectivity index (χ4n) is 2.23. The van der Waals surface area contributed by atoms with Crippen molar-refractivity contribution in [2.45, 2.75) is 45.1 Å². The summed E-state index contributed by atoms with van der Waals surface area (Å²) in [4.78, 5) is 12.0. The number of hydrogen-bond donors (Lipinski definition) is 3. The van der Waals surface area contributed by atoms with Crippen molar-refractivity contribution in [3.05, 3.63) is 23.8 Å². The van der Waals surface area contributed by atoms with Gasteiger partial charge in [0, 0.05) is 0 Å². The summed E-state index contributed by atoms with van der Waals surface area (Å²) < 4.78 is 0. The third kappa shape index (κ3) is 3.87. The molecule has 5 heteroatoms. The Morgan fingerprint density at radius 3 is 2.65 bits per heavy atom. The average Bonchev–Trinajstić information content (AvgIpc) is 2.84. The van der Waals surface area contributed by atoms with E-state index >= 15 is 0 Å². The maximum atomic E-state index is 12.0. The number of aromatic hydroxyl groups is 1. The van der Waals surface area contributed by atoms with E-state index < -0.39 is 0 Å². The van der Waals surface area contributed by atoms with Crippen molar-refractivity contribution in [2.24, 2.45) is 0 Å². The van der Waals surface area contributed by atoms with Crippen molar-refractivity contribution in [1.29, 1.82) is 0 Å².